The van der Waals surface area contributed by atoms with Crippen LogP contribution in [0.15, 0.2) is 18.2 Å². The standard InChI is InChI=1S/C10H14N2O3/c1-6(13)12-8-3-4-10(9(11)5-8)15-7(2)14/h3-5,7,14H,11H2,1-2H3,(H,12,13). The molecule has 0 heterocycles. The third kappa shape index (κ3) is 3.47. The van der Waals surface area contributed by atoms with Crippen molar-refractivity contribution in [2.24, 2.45) is 0 Å². The Morgan fingerprint density at radius 2 is 2.27 bits per heavy atom. The monoisotopic (exact) mass is 210 g/mol. The highest BCUT2D eigenvalue weighted by Crippen LogP contribution is 2.25. The summed E-state index contributed by atoms with van der Waals surface area (Å²) in [6.45, 7) is 2.90. The highest BCUT2D eigenvalue weighted by molar-refractivity contribution is 5.89. The predicted molar refractivity (Wildman–Crippen MR) is 57.5 cm³/mol. The second kappa shape index (κ2) is 4.65. The van der Waals surface area contributed by atoms with E-state index in [2.05, 4.69) is 5.32 Å². The molecule has 0 aromatic heterocycles. The van der Waals surface area contributed by atoms with Gasteiger partial charge in [-0.1, -0.05) is 0 Å². The maximum Gasteiger partial charge on any atom is 0.221 e. The van der Waals surface area contributed by atoms with E-state index in [4.69, 9.17) is 15.6 Å². The number of hydrogen-bond donors (Lipinski definition) is 3. The fourth-order valence-electron chi connectivity index (χ4n) is 1.12. The average Bonchev–Trinajstić information content (AvgIpc) is 2.08. The summed E-state index contributed by atoms with van der Waals surface area (Å²) in [5.74, 6) is 0.220. The summed E-state index contributed by atoms with van der Waals surface area (Å²) in [4.78, 5) is 10.8. The number of nitrogens with one attached hydrogen (secondary N) is 1. The first-order valence-corrected chi connectivity index (χ1v) is 4.51. The lowest BCUT2D eigenvalue weighted by molar-refractivity contribution is -0.114. The highest BCUT2D eigenvalue weighted by Gasteiger charge is 2.05. The zero-order valence-electron chi connectivity index (χ0n) is 8.65. The minimum Gasteiger partial charge on any atom is -0.463 e. The van der Waals surface area contributed by atoms with E-state index in [0.717, 1.165) is 0 Å². The van der Waals surface area contributed by atoms with E-state index in [9.17, 15) is 4.79 Å². The van der Waals surface area contributed by atoms with Gasteiger partial charge in [-0.25, -0.2) is 0 Å². The molecule has 15 heavy (non-hydrogen) atoms. The number of aliphatic hydroxyl groups is 1. The van der Waals surface area contributed by atoms with E-state index in [1.54, 1.807) is 18.2 Å². The lowest BCUT2D eigenvalue weighted by atomic mass is 10.2. The van der Waals surface area contributed by atoms with Crippen molar-refractivity contribution in [3.8, 4) is 5.75 Å². The van der Waals surface area contributed by atoms with E-state index < -0.39 is 6.29 Å². The third-order valence-electron chi connectivity index (χ3n) is 1.63. The molecule has 5 nitrogen and oxygen atoms in total. The number of hydrogen-bond acceptors (Lipinski definition) is 4. The number of ether oxygens (including phenoxy) is 1. The van der Waals surface area contributed by atoms with Crippen LogP contribution in [-0.2, 0) is 4.79 Å². The molecule has 1 unspecified atom stereocenters. The summed E-state index contributed by atoms with van der Waals surface area (Å²) >= 11 is 0. The fourth-order valence-corrected chi connectivity index (χ4v) is 1.12. The molecule has 1 atom stereocenters. The summed E-state index contributed by atoms with van der Waals surface area (Å²) in [5, 5.41) is 11.6. The van der Waals surface area contributed by atoms with E-state index in [-0.39, 0.29) is 5.91 Å². The Bertz CT molecular complexity index is 364. The summed E-state index contributed by atoms with van der Waals surface area (Å²) in [7, 11) is 0. The molecule has 0 radical (unpaired) electrons. The quantitative estimate of drug-likeness (QED) is 0.512. The molecule has 5 heteroatoms. The van der Waals surface area contributed by atoms with Crippen LogP contribution in [-0.4, -0.2) is 17.3 Å². The van der Waals surface area contributed by atoms with Crippen LogP contribution in [0.3, 0.4) is 0 Å². The molecular formula is C10H14N2O3. The van der Waals surface area contributed by atoms with Gasteiger partial charge in [0.15, 0.2) is 6.29 Å². The minimum atomic E-state index is -0.918. The Labute approximate surface area is 87.9 Å². The SMILES string of the molecule is CC(=O)Nc1ccc(OC(C)O)c(N)c1. The molecule has 0 aliphatic carbocycles. The number of benzene rings is 1. The zero-order chi connectivity index (χ0) is 11.4. The van der Waals surface area contributed by atoms with Gasteiger partial charge in [0.25, 0.3) is 0 Å². The number of amides is 1. The number of nitrogens with two attached hydrogens (primary N) is 1. The molecule has 0 fully saturated rings. The lowest BCUT2D eigenvalue weighted by Crippen LogP contribution is -2.11. The summed E-state index contributed by atoms with van der Waals surface area (Å²) < 4.78 is 5.02. The molecule has 0 spiro atoms. The van der Waals surface area contributed by atoms with Crippen LogP contribution in [0.25, 0.3) is 0 Å². The van der Waals surface area contributed by atoms with Crippen LogP contribution in [0.2, 0.25) is 0 Å². The first-order chi connectivity index (χ1) is 6.99. The molecule has 0 saturated heterocycles. The molecule has 1 aromatic rings. The number of rotatable bonds is 3. The normalized spacial score (nSPS) is 11.9. The first kappa shape index (κ1) is 11.3. The van der Waals surface area contributed by atoms with Crippen LogP contribution >= 0.6 is 0 Å². The number of carbonyl (C=O) groups is 1. The predicted octanol–water partition coefficient (Wildman–Crippen LogP) is 0.944. The Hall–Kier alpha value is -1.75. The first-order valence-electron chi connectivity index (χ1n) is 4.51. The van der Waals surface area contributed by atoms with Gasteiger partial charge in [-0.15, -0.1) is 0 Å². The van der Waals surface area contributed by atoms with Crippen molar-refractivity contribution in [1.29, 1.82) is 0 Å². The second-order valence-corrected chi connectivity index (χ2v) is 3.15. The van der Waals surface area contributed by atoms with Gasteiger partial charge in [0.1, 0.15) is 5.75 Å². The summed E-state index contributed by atoms with van der Waals surface area (Å²) in [6.07, 6.45) is -0.918. The Morgan fingerprint density at radius 1 is 1.60 bits per heavy atom. The fraction of sp³-hybridized carbons (Fsp3) is 0.300. The van der Waals surface area contributed by atoms with Crippen LogP contribution < -0.4 is 15.8 Å². The molecule has 1 amide bonds. The minimum absolute atomic E-state index is 0.168. The van der Waals surface area contributed by atoms with Crippen molar-refractivity contribution in [2.75, 3.05) is 11.1 Å². The molecule has 4 N–H and O–H groups in total. The number of nitrogen functional groups attached to an aromatic ring is 1. The summed E-state index contributed by atoms with van der Waals surface area (Å²) in [6, 6.07) is 4.81. The van der Waals surface area contributed by atoms with Crippen LogP contribution in [0.1, 0.15) is 13.8 Å². The molecule has 0 aliphatic heterocycles. The Kier molecular flexibility index (Phi) is 3.51. The summed E-state index contributed by atoms with van der Waals surface area (Å²) in [5.41, 5.74) is 6.62. The van der Waals surface area contributed by atoms with Crippen molar-refractivity contribution in [1.82, 2.24) is 0 Å². The van der Waals surface area contributed by atoms with Gasteiger partial charge in [-0.3, -0.25) is 4.79 Å². The van der Waals surface area contributed by atoms with Crippen LogP contribution in [0, 0.1) is 0 Å². The van der Waals surface area contributed by atoms with Gasteiger partial charge in [-0.05, 0) is 25.1 Å². The molecule has 1 rings (SSSR count). The van der Waals surface area contributed by atoms with Crippen molar-refractivity contribution < 1.29 is 14.6 Å². The van der Waals surface area contributed by atoms with Gasteiger partial charge in [0, 0.05) is 12.6 Å². The number of anilines is 2. The lowest BCUT2D eigenvalue weighted by Gasteiger charge is -2.12. The molecule has 0 bridgehead atoms. The van der Waals surface area contributed by atoms with Crippen molar-refractivity contribution >= 4 is 17.3 Å². The molecule has 82 valence electrons. The zero-order valence-corrected chi connectivity index (χ0v) is 8.65. The van der Waals surface area contributed by atoms with Gasteiger partial charge in [0.2, 0.25) is 5.91 Å². The Balaban J connectivity index is 2.83. The highest BCUT2D eigenvalue weighted by atomic mass is 16.6. The van der Waals surface area contributed by atoms with Gasteiger partial charge in [-0.2, -0.15) is 0 Å². The number of aliphatic hydroxyl groups excluding tert-OH is 1. The maximum atomic E-state index is 10.8. The molecule has 1 aromatic carbocycles. The van der Waals surface area contributed by atoms with Gasteiger partial charge < -0.3 is 20.9 Å². The average molecular weight is 210 g/mol. The van der Waals surface area contributed by atoms with Crippen molar-refractivity contribution in [3.05, 3.63) is 18.2 Å². The van der Waals surface area contributed by atoms with E-state index in [1.165, 1.54) is 13.8 Å². The van der Waals surface area contributed by atoms with E-state index in [1.807, 2.05) is 0 Å². The maximum absolute atomic E-state index is 10.8. The largest absolute Gasteiger partial charge is 0.463 e. The smallest absolute Gasteiger partial charge is 0.221 e. The molecule has 0 aliphatic rings. The molecule has 0 saturated carbocycles. The number of carbonyl (C=O) groups excluding carboxylic acids is 1. The topological polar surface area (TPSA) is 84.6 Å². The van der Waals surface area contributed by atoms with E-state index in [0.29, 0.717) is 17.1 Å². The second-order valence-electron chi connectivity index (χ2n) is 3.15. The van der Waals surface area contributed by atoms with Crippen LogP contribution in [0.5, 0.6) is 5.75 Å². The van der Waals surface area contributed by atoms with Gasteiger partial charge in [0.05, 0.1) is 5.69 Å². The van der Waals surface area contributed by atoms with Crippen molar-refractivity contribution in [2.45, 2.75) is 20.1 Å². The third-order valence-corrected chi connectivity index (χ3v) is 1.63. The van der Waals surface area contributed by atoms with Crippen molar-refractivity contribution in [3.63, 3.8) is 0 Å². The van der Waals surface area contributed by atoms with E-state index >= 15 is 0 Å². The molecular weight excluding hydrogens is 196 g/mol. The van der Waals surface area contributed by atoms with Gasteiger partial charge >= 0.3 is 0 Å². The Morgan fingerprint density at radius 3 is 2.73 bits per heavy atom. The van der Waals surface area contributed by atoms with Crippen LogP contribution in [0.4, 0.5) is 11.4 Å².